The minimum Gasteiger partial charge on any atom is -0.356 e. The number of carbonyl (C=O) groups excluding carboxylic acids is 2. The van der Waals surface area contributed by atoms with Gasteiger partial charge in [0.25, 0.3) is 0 Å². The van der Waals surface area contributed by atoms with Crippen LogP contribution in [0.25, 0.3) is 0 Å². The second kappa shape index (κ2) is 11.2. The van der Waals surface area contributed by atoms with Gasteiger partial charge < -0.3 is 20.4 Å². The topological polar surface area (TPSA) is 64.7 Å². The summed E-state index contributed by atoms with van der Waals surface area (Å²) in [6.07, 6.45) is 6.49. The summed E-state index contributed by atoms with van der Waals surface area (Å²) in [6, 6.07) is 9.34. The van der Waals surface area contributed by atoms with E-state index in [2.05, 4.69) is 22.5 Å². The Labute approximate surface area is 175 Å². The first-order chi connectivity index (χ1) is 14.1. The van der Waals surface area contributed by atoms with Gasteiger partial charge in [-0.05, 0) is 76.2 Å². The Hall–Kier alpha value is -2.08. The van der Waals surface area contributed by atoms with Crippen molar-refractivity contribution in [3.05, 3.63) is 30.3 Å². The Kier molecular flexibility index (Phi) is 8.35. The average molecular weight is 401 g/mol. The van der Waals surface area contributed by atoms with E-state index in [1.165, 1.54) is 25.9 Å². The van der Waals surface area contributed by atoms with Crippen molar-refractivity contribution in [1.29, 1.82) is 0 Å². The molecule has 1 aromatic carbocycles. The molecule has 1 aromatic rings. The maximum Gasteiger partial charge on any atom is 0.321 e. The largest absolute Gasteiger partial charge is 0.356 e. The summed E-state index contributed by atoms with van der Waals surface area (Å²) in [7, 11) is 0. The van der Waals surface area contributed by atoms with Crippen LogP contribution in [0.4, 0.5) is 10.5 Å². The highest BCUT2D eigenvalue weighted by atomic mass is 16.2. The number of nitrogens with zero attached hydrogens (tertiary/aromatic N) is 2. The Balaban J connectivity index is 1.32. The summed E-state index contributed by atoms with van der Waals surface area (Å²) < 4.78 is 0. The number of hydrogen-bond acceptors (Lipinski definition) is 3. The van der Waals surface area contributed by atoms with Gasteiger partial charge in [-0.15, -0.1) is 0 Å². The number of carbonyl (C=O) groups is 2. The molecule has 6 nitrogen and oxygen atoms in total. The first-order valence-corrected chi connectivity index (χ1v) is 11.2. The molecule has 1 atom stereocenters. The van der Waals surface area contributed by atoms with Crippen molar-refractivity contribution in [1.82, 2.24) is 15.1 Å². The Bertz CT molecular complexity index is 644. The van der Waals surface area contributed by atoms with Gasteiger partial charge in [-0.1, -0.05) is 25.1 Å². The number of benzene rings is 1. The summed E-state index contributed by atoms with van der Waals surface area (Å²) in [5, 5.41) is 6.01. The second-order valence-electron chi connectivity index (χ2n) is 8.60. The van der Waals surface area contributed by atoms with Gasteiger partial charge in [0.1, 0.15) is 0 Å². The lowest BCUT2D eigenvalue weighted by atomic mass is 9.97. The number of urea groups is 1. The molecule has 2 aliphatic rings. The van der Waals surface area contributed by atoms with Crippen molar-refractivity contribution in [2.24, 2.45) is 11.8 Å². The van der Waals surface area contributed by atoms with Crippen molar-refractivity contribution in [2.75, 3.05) is 44.6 Å². The highest BCUT2D eigenvalue weighted by Crippen LogP contribution is 2.18. The first-order valence-electron chi connectivity index (χ1n) is 11.2. The number of rotatable bonds is 7. The molecule has 0 spiro atoms. The quantitative estimate of drug-likeness (QED) is 0.688. The van der Waals surface area contributed by atoms with E-state index in [0.717, 1.165) is 50.4 Å². The number of unbranched alkanes of at least 4 members (excludes halogenated alkanes) is 1. The maximum absolute atomic E-state index is 12.5. The van der Waals surface area contributed by atoms with E-state index in [1.54, 1.807) is 4.90 Å². The van der Waals surface area contributed by atoms with Crippen LogP contribution >= 0.6 is 0 Å². The van der Waals surface area contributed by atoms with Crippen LogP contribution in [0.15, 0.2) is 30.3 Å². The van der Waals surface area contributed by atoms with E-state index in [9.17, 15) is 9.59 Å². The molecule has 2 heterocycles. The van der Waals surface area contributed by atoms with Crippen LogP contribution in [0.1, 0.15) is 45.4 Å². The molecule has 6 heteroatoms. The molecule has 0 radical (unpaired) electrons. The van der Waals surface area contributed by atoms with Crippen LogP contribution < -0.4 is 10.6 Å². The average Bonchev–Trinajstić information content (AvgIpc) is 2.75. The lowest BCUT2D eigenvalue weighted by molar-refractivity contribution is -0.126. The molecule has 3 amide bonds. The number of hydrogen-bond donors (Lipinski definition) is 2. The molecule has 2 fully saturated rings. The summed E-state index contributed by atoms with van der Waals surface area (Å²) in [6.45, 7) is 7.85. The second-order valence-corrected chi connectivity index (χ2v) is 8.60. The third-order valence-corrected chi connectivity index (χ3v) is 6.18. The van der Waals surface area contributed by atoms with Crippen LogP contribution in [0.3, 0.4) is 0 Å². The lowest BCUT2D eigenvalue weighted by Crippen LogP contribution is -2.47. The smallest absolute Gasteiger partial charge is 0.321 e. The van der Waals surface area contributed by atoms with Crippen LogP contribution in [-0.2, 0) is 4.79 Å². The normalized spacial score (nSPS) is 21.0. The third-order valence-electron chi connectivity index (χ3n) is 6.18. The minimum absolute atomic E-state index is 0.0917. The van der Waals surface area contributed by atoms with Crippen LogP contribution in [-0.4, -0.2) is 61.0 Å². The number of para-hydroxylation sites is 1. The molecule has 0 aromatic heterocycles. The maximum atomic E-state index is 12.5. The fourth-order valence-corrected chi connectivity index (χ4v) is 4.20. The Morgan fingerprint density at radius 2 is 1.79 bits per heavy atom. The van der Waals surface area contributed by atoms with Crippen molar-refractivity contribution in [3.63, 3.8) is 0 Å². The van der Waals surface area contributed by atoms with Gasteiger partial charge in [0.05, 0.1) is 5.92 Å². The Morgan fingerprint density at radius 1 is 1.03 bits per heavy atom. The van der Waals surface area contributed by atoms with Gasteiger partial charge in [-0.3, -0.25) is 4.79 Å². The number of amides is 3. The highest BCUT2D eigenvalue weighted by molar-refractivity contribution is 5.90. The monoisotopic (exact) mass is 400 g/mol. The van der Waals surface area contributed by atoms with E-state index < -0.39 is 0 Å². The zero-order chi connectivity index (χ0) is 20.5. The summed E-state index contributed by atoms with van der Waals surface area (Å²) >= 11 is 0. The molecule has 1 unspecified atom stereocenters. The van der Waals surface area contributed by atoms with Gasteiger partial charge in [0, 0.05) is 25.3 Å². The van der Waals surface area contributed by atoms with Crippen LogP contribution in [0.5, 0.6) is 0 Å². The standard InChI is InChI=1S/C23H36N4O2/c1-19-11-16-26(17-12-19)14-6-5-13-24-22(28)20-8-7-15-27(18-20)23(29)25-21-9-3-2-4-10-21/h2-4,9-10,19-20H,5-8,11-18H2,1H3,(H,24,28)(H,25,29). The van der Waals surface area contributed by atoms with E-state index in [0.29, 0.717) is 13.1 Å². The van der Waals surface area contributed by atoms with E-state index >= 15 is 0 Å². The molecule has 0 aliphatic carbocycles. The molecule has 3 rings (SSSR count). The molecule has 2 aliphatic heterocycles. The number of nitrogens with one attached hydrogen (secondary N) is 2. The van der Waals surface area contributed by atoms with Crippen molar-refractivity contribution >= 4 is 17.6 Å². The minimum atomic E-state index is -0.121. The number of likely N-dealkylation sites (tertiary alicyclic amines) is 2. The van der Waals surface area contributed by atoms with Gasteiger partial charge >= 0.3 is 6.03 Å². The van der Waals surface area contributed by atoms with Crippen LogP contribution in [0.2, 0.25) is 0 Å². The molecule has 2 N–H and O–H groups in total. The molecule has 0 bridgehead atoms. The molecule has 29 heavy (non-hydrogen) atoms. The SMILES string of the molecule is CC1CCN(CCCCNC(=O)C2CCCN(C(=O)Nc3ccccc3)C2)CC1. The fraction of sp³-hybridized carbons (Fsp3) is 0.652. The van der Waals surface area contributed by atoms with Gasteiger partial charge in [0.2, 0.25) is 5.91 Å². The van der Waals surface area contributed by atoms with Gasteiger partial charge in [-0.25, -0.2) is 4.79 Å². The van der Waals surface area contributed by atoms with E-state index in [-0.39, 0.29) is 17.9 Å². The summed E-state index contributed by atoms with van der Waals surface area (Å²) in [5.41, 5.74) is 0.784. The zero-order valence-corrected chi connectivity index (χ0v) is 17.7. The fourth-order valence-electron chi connectivity index (χ4n) is 4.20. The van der Waals surface area contributed by atoms with Gasteiger partial charge in [-0.2, -0.15) is 0 Å². The molecule has 0 saturated carbocycles. The molecular weight excluding hydrogens is 364 g/mol. The van der Waals surface area contributed by atoms with Crippen LogP contribution in [0, 0.1) is 11.8 Å². The van der Waals surface area contributed by atoms with E-state index in [4.69, 9.17) is 0 Å². The number of anilines is 1. The van der Waals surface area contributed by atoms with Crippen molar-refractivity contribution in [3.8, 4) is 0 Å². The summed E-state index contributed by atoms with van der Waals surface area (Å²) in [4.78, 5) is 29.3. The van der Waals surface area contributed by atoms with Crippen molar-refractivity contribution < 1.29 is 9.59 Å². The van der Waals surface area contributed by atoms with E-state index in [1.807, 2.05) is 30.3 Å². The highest BCUT2D eigenvalue weighted by Gasteiger charge is 2.28. The predicted octanol–water partition coefficient (Wildman–Crippen LogP) is 3.56. The predicted molar refractivity (Wildman–Crippen MR) is 117 cm³/mol. The van der Waals surface area contributed by atoms with Crippen molar-refractivity contribution in [2.45, 2.75) is 45.4 Å². The Morgan fingerprint density at radius 3 is 2.55 bits per heavy atom. The lowest BCUT2D eigenvalue weighted by Gasteiger charge is -2.32. The van der Waals surface area contributed by atoms with Gasteiger partial charge in [0.15, 0.2) is 0 Å². The molecule has 160 valence electrons. The summed E-state index contributed by atoms with van der Waals surface area (Å²) in [5.74, 6) is 0.859. The first kappa shape index (κ1) is 21.6. The molecule has 2 saturated heterocycles. The third kappa shape index (κ3) is 7.03. The number of piperidine rings is 2. The zero-order valence-electron chi connectivity index (χ0n) is 17.7. The molecular formula is C23H36N4O2.